The molecule has 2 aliphatic rings. The number of nitrogens with two attached hydrogens (primary N) is 1. The number of hydrogen-bond donors (Lipinski definition) is 1. The number of fused-ring (bicyclic) bond motifs is 1. The molecule has 2 aliphatic heterocycles. The minimum Gasteiger partial charge on any atom is -0.397 e. The summed E-state index contributed by atoms with van der Waals surface area (Å²) in [5.41, 5.74) is 7.16. The molecule has 1 saturated heterocycles. The number of amides is 1. The number of pyridine rings is 1. The molecule has 9 heteroatoms. The molecule has 0 spiro atoms. The van der Waals surface area contributed by atoms with Crippen LogP contribution in [0.3, 0.4) is 0 Å². The normalized spacial score (nSPS) is 20.0. The van der Waals surface area contributed by atoms with Crippen LogP contribution in [-0.2, 0) is 21.2 Å². The zero-order valence-electron chi connectivity index (χ0n) is 14.5. The van der Waals surface area contributed by atoms with Gasteiger partial charge in [-0.05, 0) is 36.8 Å². The average molecular weight is 390 g/mol. The molecule has 1 amide bonds. The number of benzene rings is 1. The Morgan fingerprint density at radius 2 is 1.96 bits per heavy atom. The molecule has 0 radical (unpaired) electrons. The number of likely N-dealkylation sites (tertiary alicyclic amines) is 1. The van der Waals surface area contributed by atoms with Gasteiger partial charge in [-0.2, -0.15) is 0 Å². The summed E-state index contributed by atoms with van der Waals surface area (Å²) in [5.74, 6) is -0.488. The van der Waals surface area contributed by atoms with Crippen LogP contribution < -0.4 is 10.0 Å². The molecular weight excluding hydrogens is 371 g/mol. The van der Waals surface area contributed by atoms with Gasteiger partial charge in [0, 0.05) is 19.4 Å². The highest BCUT2D eigenvalue weighted by atomic mass is 32.2. The van der Waals surface area contributed by atoms with Crippen LogP contribution in [0.15, 0.2) is 41.4 Å². The molecule has 0 saturated carbocycles. The molecule has 1 fully saturated rings. The highest BCUT2D eigenvalue weighted by molar-refractivity contribution is 7.92. The Bertz CT molecular complexity index is 994. The van der Waals surface area contributed by atoms with Crippen molar-refractivity contribution in [3.8, 4) is 0 Å². The van der Waals surface area contributed by atoms with Crippen LogP contribution in [0.1, 0.15) is 18.5 Å². The Labute approximate surface area is 156 Å². The molecule has 2 N–H and O–H groups in total. The number of sulfonamides is 1. The van der Waals surface area contributed by atoms with E-state index in [-0.39, 0.29) is 23.4 Å². The fourth-order valence-electron chi connectivity index (χ4n) is 3.67. The van der Waals surface area contributed by atoms with E-state index < -0.39 is 15.8 Å². The molecule has 27 heavy (non-hydrogen) atoms. The van der Waals surface area contributed by atoms with Crippen LogP contribution >= 0.6 is 0 Å². The number of hydrogen-bond acceptors (Lipinski definition) is 5. The maximum absolute atomic E-state index is 13.2. The third-order valence-electron chi connectivity index (χ3n) is 5.00. The number of halogens is 1. The van der Waals surface area contributed by atoms with Crippen molar-refractivity contribution < 1.29 is 17.6 Å². The van der Waals surface area contributed by atoms with Gasteiger partial charge in [-0.3, -0.25) is 14.1 Å². The second-order valence-electron chi connectivity index (χ2n) is 6.77. The fraction of sp³-hybridized carbons (Fsp3) is 0.333. The van der Waals surface area contributed by atoms with Crippen LogP contribution in [0.25, 0.3) is 0 Å². The van der Waals surface area contributed by atoms with Gasteiger partial charge < -0.3 is 10.6 Å². The Balaban J connectivity index is 1.78. The van der Waals surface area contributed by atoms with Crippen LogP contribution in [0, 0.1) is 5.82 Å². The van der Waals surface area contributed by atoms with Crippen molar-refractivity contribution in [3.05, 3.63) is 48.0 Å². The maximum Gasteiger partial charge on any atom is 0.264 e. The van der Waals surface area contributed by atoms with Crippen LogP contribution in [0.4, 0.5) is 15.8 Å². The zero-order valence-corrected chi connectivity index (χ0v) is 15.3. The van der Waals surface area contributed by atoms with Gasteiger partial charge in [-0.15, -0.1) is 0 Å². The van der Waals surface area contributed by atoms with E-state index in [4.69, 9.17) is 5.73 Å². The summed E-state index contributed by atoms with van der Waals surface area (Å²) < 4.78 is 41.0. The molecule has 142 valence electrons. The smallest absolute Gasteiger partial charge is 0.264 e. The second kappa shape index (κ2) is 6.49. The Morgan fingerprint density at radius 1 is 1.22 bits per heavy atom. The number of anilines is 2. The summed E-state index contributed by atoms with van der Waals surface area (Å²) in [6.07, 6.45) is 3.19. The lowest BCUT2D eigenvalue weighted by Gasteiger charge is -2.38. The number of aromatic nitrogens is 1. The quantitative estimate of drug-likeness (QED) is 0.858. The largest absolute Gasteiger partial charge is 0.397 e. The summed E-state index contributed by atoms with van der Waals surface area (Å²) in [7, 11) is -3.96. The van der Waals surface area contributed by atoms with Crippen LogP contribution in [0.5, 0.6) is 0 Å². The molecule has 1 aromatic heterocycles. The monoisotopic (exact) mass is 390 g/mol. The molecule has 4 rings (SSSR count). The first-order valence-corrected chi connectivity index (χ1v) is 10.1. The number of nitrogens with zero attached hydrogens (tertiary/aromatic N) is 3. The van der Waals surface area contributed by atoms with Gasteiger partial charge in [-0.1, -0.05) is 0 Å². The highest BCUT2D eigenvalue weighted by Crippen LogP contribution is 2.34. The molecule has 1 unspecified atom stereocenters. The van der Waals surface area contributed by atoms with Crippen LogP contribution in [-0.4, -0.2) is 43.3 Å². The van der Waals surface area contributed by atoms with E-state index in [1.165, 1.54) is 22.6 Å². The molecule has 7 nitrogen and oxygen atoms in total. The third kappa shape index (κ3) is 3.12. The Kier molecular flexibility index (Phi) is 4.26. The van der Waals surface area contributed by atoms with Gasteiger partial charge in [0.1, 0.15) is 5.82 Å². The van der Waals surface area contributed by atoms with Gasteiger partial charge in [0.2, 0.25) is 5.91 Å². The lowest BCUT2D eigenvalue weighted by atomic mass is 10.0. The zero-order chi connectivity index (χ0) is 19.2. The van der Waals surface area contributed by atoms with Crippen molar-refractivity contribution in [2.75, 3.05) is 23.1 Å². The first-order valence-electron chi connectivity index (χ1n) is 8.68. The van der Waals surface area contributed by atoms with Crippen molar-refractivity contribution in [1.29, 1.82) is 0 Å². The van der Waals surface area contributed by atoms with Gasteiger partial charge in [0.05, 0.1) is 40.7 Å². The van der Waals surface area contributed by atoms with Gasteiger partial charge >= 0.3 is 0 Å². The lowest BCUT2D eigenvalue weighted by molar-refractivity contribution is -0.129. The highest BCUT2D eigenvalue weighted by Gasteiger charge is 2.39. The predicted octanol–water partition coefficient (Wildman–Crippen LogP) is 1.55. The molecule has 1 aromatic carbocycles. The van der Waals surface area contributed by atoms with E-state index in [1.807, 2.05) is 0 Å². The number of carbonyl (C=O) groups is 1. The lowest BCUT2D eigenvalue weighted by Crippen LogP contribution is -2.51. The average Bonchev–Trinajstić information content (AvgIpc) is 3.07. The van der Waals surface area contributed by atoms with Crippen LogP contribution in [0.2, 0.25) is 0 Å². The standard InChI is InChI=1S/C18H19FN4O3S/c19-12-3-5-15(6-4-12)27(25,26)23-11-14(22-7-1-2-18(22)24)9-16-17(23)8-13(20)10-21-16/h3-6,8,10,14H,1-2,7,9,11,20H2. The molecule has 2 aromatic rings. The summed E-state index contributed by atoms with van der Waals surface area (Å²) in [6, 6.07) is 5.96. The third-order valence-corrected chi connectivity index (χ3v) is 6.79. The number of rotatable bonds is 3. The van der Waals surface area contributed by atoms with Gasteiger partial charge in [0.25, 0.3) is 10.0 Å². The molecule has 1 atom stereocenters. The van der Waals surface area contributed by atoms with Crippen molar-refractivity contribution in [3.63, 3.8) is 0 Å². The maximum atomic E-state index is 13.2. The molecule has 3 heterocycles. The Morgan fingerprint density at radius 3 is 2.63 bits per heavy atom. The minimum atomic E-state index is -3.96. The summed E-state index contributed by atoms with van der Waals surface area (Å²) in [4.78, 5) is 18.2. The van der Waals surface area contributed by atoms with Crippen molar-refractivity contribution >= 4 is 27.3 Å². The van der Waals surface area contributed by atoms with Crippen molar-refractivity contribution in [2.45, 2.75) is 30.2 Å². The van der Waals surface area contributed by atoms with E-state index in [9.17, 15) is 17.6 Å². The van der Waals surface area contributed by atoms with E-state index >= 15 is 0 Å². The number of nitrogen functional groups attached to an aromatic ring is 1. The summed E-state index contributed by atoms with van der Waals surface area (Å²) in [5, 5.41) is 0. The SMILES string of the molecule is Nc1cnc2c(c1)N(S(=O)(=O)c1ccc(F)cc1)CC(N1CCCC1=O)C2. The van der Waals surface area contributed by atoms with E-state index in [0.717, 1.165) is 18.6 Å². The van der Waals surface area contributed by atoms with Gasteiger partial charge in [0.15, 0.2) is 0 Å². The van der Waals surface area contributed by atoms with Gasteiger partial charge in [-0.25, -0.2) is 12.8 Å². The van der Waals surface area contributed by atoms with Crippen molar-refractivity contribution in [1.82, 2.24) is 9.88 Å². The summed E-state index contributed by atoms with van der Waals surface area (Å²) >= 11 is 0. The van der Waals surface area contributed by atoms with Crippen molar-refractivity contribution in [2.24, 2.45) is 0 Å². The summed E-state index contributed by atoms with van der Waals surface area (Å²) in [6.45, 7) is 0.724. The molecule has 0 aliphatic carbocycles. The van der Waals surface area contributed by atoms with E-state index in [1.54, 1.807) is 11.0 Å². The topological polar surface area (TPSA) is 96.6 Å². The molecular formula is C18H19FN4O3S. The minimum absolute atomic E-state index is 0.0225. The van der Waals surface area contributed by atoms with E-state index in [2.05, 4.69) is 4.98 Å². The fourth-order valence-corrected chi connectivity index (χ4v) is 5.19. The first kappa shape index (κ1) is 17.7. The second-order valence-corrected chi connectivity index (χ2v) is 8.64. The first-order chi connectivity index (χ1) is 12.9. The predicted molar refractivity (Wildman–Crippen MR) is 98.0 cm³/mol. The molecule has 0 bridgehead atoms. The Hall–Kier alpha value is -2.68. The number of carbonyl (C=O) groups excluding carboxylic acids is 1. The van der Waals surface area contributed by atoms with E-state index in [0.29, 0.717) is 36.5 Å².